The summed E-state index contributed by atoms with van der Waals surface area (Å²) < 4.78 is 0. The summed E-state index contributed by atoms with van der Waals surface area (Å²) in [5, 5.41) is 1.76. The van der Waals surface area contributed by atoms with Gasteiger partial charge in [0.05, 0.1) is 5.52 Å². The quantitative estimate of drug-likeness (QED) is 0.581. The van der Waals surface area contributed by atoms with E-state index in [-0.39, 0.29) is 0 Å². The van der Waals surface area contributed by atoms with E-state index in [1.807, 2.05) is 24.3 Å². The van der Waals surface area contributed by atoms with Gasteiger partial charge in [0, 0.05) is 22.7 Å². The molecule has 0 amide bonds. The number of benzene rings is 1. The number of fused-ring (bicyclic) bond motifs is 1. The van der Waals surface area contributed by atoms with Crippen molar-refractivity contribution in [2.45, 2.75) is 0 Å². The van der Waals surface area contributed by atoms with E-state index in [0.717, 1.165) is 15.9 Å². The highest BCUT2D eigenvalue weighted by atomic mass is 35.5. The molecule has 1 aromatic carbocycles. The Hall–Kier alpha value is -1.08. The van der Waals surface area contributed by atoms with E-state index >= 15 is 0 Å². The number of nitrogens with zero attached hydrogens (tertiary/aromatic N) is 1. The maximum atomic E-state index is 5.78. The van der Waals surface area contributed by atoms with Crippen LogP contribution >= 0.6 is 11.6 Å². The third kappa shape index (κ3) is 1.19. The molecule has 0 atom stereocenters. The van der Waals surface area contributed by atoms with Crippen LogP contribution < -0.4 is 0 Å². The molecule has 0 spiro atoms. The van der Waals surface area contributed by atoms with Crippen molar-refractivity contribution in [3.63, 3.8) is 0 Å². The predicted molar refractivity (Wildman–Crippen MR) is 45.6 cm³/mol. The Morgan fingerprint density at radius 3 is 3.18 bits per heavy atom. The molecule has 0 N–H and O–H groups in total. The summed E-state index contributed by atoms with van der Waals surface area (Å²) in [6, 6.07) is 10.4. The summed E-state index contributed by atoms with van der Waals surface area (Å²) in [6.07, 6.45) is 1.65. The summed E-state index contributed by atoms with van der Waals surface area (Å²) in [7, 11) is 0. The van der Waals surface area contributed by atoms with Gasteiger partial charge in [0.15, 0.2) is 0 Å². The first-order chi connectivity index (χ1) is 5.36. The molecule has 0 fully saturated rings. The van der Waals surface area contributed by atoms with E-state index in [9.17, 15) is 0 Å². The molecule has 0 aliphatic rings. The van der Waals surface area contributed by atoms with E-state index in [1.54, 1.807) is 6.20 Å². The first kappa shape index (κ1) is 6.62. The fourth-order valence-electron chi connectivity index (χ4n) is 0.992. The molecule has 0 aliphatic heterocycles. The summed E-state index contributed by atoms with van der Waals surface area (Å²) in [4.78, 5) is 4.11. The van der Waals surface area contributed by atoms with Crippen LogP contribution in [0, 0.1) is 6.07 Å². The van der Waals surface area contributed by atoms with Gasteiger partial charge in [-0.25, -0.2) is 0 Å². The van der Waals surface area contributed by atoms with Crippen molar-refractivity contribution < 1.29 is 0 Å². The zero-order chi connectivity index (χ0) is 7.68. The van der Waals surface area contributed by atoms with Crippen molar-refractivity contribution in [2.75, 3.05) is 0 Å². The largest absolute Gasteiger partial charge is 0.256 e. The molecule has 1 aromatic heterocycles. The molecule has 2 aromatic rings. The lowest BCUT2D eigenvalue weighted by Gasteiger charge is -1.94. The smallest absolute Gasteiger partial charge is 0.0703 e. The minimum atomic E-state index is 0.735. The molecule has 1 radical (unpaired) electrons. The van der Waals surface area contributed by atoms with Crippen molar-refractivity contribution in [1.29, 1.82) is 0 Å². The van der Waals surface area contributed by atoms with Crippen LogP contribution in [0.1, 0.15) is 0 Å². The van der Waals surface area contributed by atoms with Crippen LogP contribution in [0.5, 0.6) is 0 Å². The van der Waals surface area contributed by atoms with Crippen molar-refractivity contribution >= 4 is 22.5 Å². The molecule has 11 heavy (non-hydrogen) atoms. The second-order valence-corrected chi connectivity index (χ2v) is 2.71. The highest BCUT2D eigenvalue weighted by Gasteiger charge is 1.92. The number of hydrogen-bond acceptors (Lipinski definition) is 1. The average Bonchev–Trinajstić information content (AvgIpc) is 2.04. The van der Waals surface area contributed by atoms with E-state index in [1.165, 1.54) is 0 Å². The number of pyridine rings is 1. The Morgan fingerprint density at radius 2 is 2.27 bits per heavy atom. The van der Waals surface area contributed by atoms with Crippen LogP contribution in [0.25, 0.3) is 10.9 Å². The fraction of sp³-hybridized carbons (Fsp3) is 0. The molecule has 2 rings (SSSR count). The topological polar surface area (TPSA) is 12.9 Å². The molecule has 0 saturated heterocycles. The van der Waals surface area contributed by atoms with E-state index in [4.69, 9.17) is 11.6 Å². The minimum Gasteiger partial charge on any atom is -0.256 e. The number of hydrogen-bond donors (Lipinski definition) is 0. The van der Waals surface area contributed by atoms with Crippen molar-refractivity contribution in [2.24, 2.45) is 0 Å². The van der Waals surface area contributed by atoms with Gasteiger partial charge in [0.2, 0.25) is 0 Å². The Balaban J connectivity index is 2.83. The Labute approximate surface area is 69.6 Å². The van der Waals surface area contributed by atoms with Crippen LogP contribution in [0.2, 0.25) is 5.02 Å². The highest BCUT2D eigenvalue weighted by Crippen LogP contribution is 2.16. The van der Waals surface area contributed by atoms with Gasteiger partial charge in [-0.15, -0.1) is 0 Å². The van der Waals surface area contributed by atoms with Crippen molar-refractivity contribution in [3.05, 3.63) is 41.6 Å². The zero-order valence-corrected chi connectivity index (χ0v) is 6.47. The monoisotopic (exact) mass is 162 g/mol. The normalized spacial score (nSPS) is 10.3. The first-order valence-electron chi connectivity index (χ1n) is 3.27. The first-order valence-corrected chi connectivity index (χ1v) is 3.65. The van der Waals surface area contributed by atoms with Crippen LogP contribution in [-0.2, 0) is 0 Å². The molecule has 0 aliphatic carbocycles. The number of aromatic nitrogens is 1. The van der Waals surface area contributed by atoms with Gasteiger partial charge in [-0.1, -0.05) is 11.6 Å². The Bertz CT molecular complexity index is 384. The van der Waals surface area contributed by atoms with E-state index < -0.39 is 0 Å². The van der Waals surface area contributed by atoms with Gasteiger partial charge in [0.1, 0.15) is 0 Å². The highest BCUT2D eigenvalue weighted by molar-refractivity contribution is 6.31. The molecular formula is C9H5ClN. The minimum absolute atomic E-state index is 0.735. The molecule has 0 unspecified atom stereocenters. The summed E-state index contributed by atoms with van der Waals surface area (Å²) >= 11 is 5.78. The van der Waals surface area contributed by atoms with Crippen LogP contribution in [0.4, 0.5) is 0 Å². The molecule has 2 heteroatoms. The third-order valence-corrected chi connectivity index (χ3v) is 1.74. The van der Waals surface area contributed by atoms with Crippen molar-refractivity contribution in [1.82, 2.24) is 4.98 Å². The van der Waals surface area contributed by atoms with Gasteiger partial charge in [-0.05, 0) is 24.3 Å². The lowest BCUT2D eigenvalue weighted by Crippen LogP contribution is -1.75. The lowest BCUT2D eigenvalue weighted by atomic mass is 10.2. The van der Waals surface area contributed by atoms with Gasteiger partial charge in [0.25, 0.3) is 0 Å². The Kier molecular flexibility index (Phi) is 1.51. The molecule has 0 bridgehead atoms. The molecular weight excluding hydrogens is 158 g/mol. The SMILES string of the molecule is Clc1ccc2nc[c]cc2c1. The van der Waals surface area contributed by atoms with Crippen molar-refractivity contribution in [3.8, 4) is 0 Å². The van der Waals surface area contributed by atoms with Crippen LogP contribution in [-0.4, -0.2) is 4.98 Å². The second-order valence-electron chi connectivity index (χ2n) is 2.27. The van der Waals surface area contributed by atoms with E-state index in [0.29, 0.717) is 0 Å². The third-order valence-electron chi connectivity index (χ3n) is 1.51. The number of halogens is 1. The van der Waals surface area contributed by atoms with Gasteiger partial charge in [-0.2, -0.15) is 0 Å². The van der Waals surface area contributed by atoms with Gasteiger partial charge in [-0.3, -0.25) is 4.98 Å². The van der Waals surface area contributed by atoms with Crippen LogP contribution in [0.3, 0.4) is 0 Å². The maximum absolute atomic E-state index is 5.78. The van der Waals surface area contributed by atoms with Crippen LogP contribution in [0.15, 0.2) is 30.5 Å². The fourth-order valence-corrected chi connectivity index (χ4v) is 1.17. The summed E-state index contributed by atoms with van der Waals surface area (Å²) in [6.45, 7) is 0. The van der Waals surface area contributed by atoms with E-state index in [2.05, 4.69) is 11.1 Å². The number of rotatable bonds is 0. The summed E-state index contributed by atoms with van der Waals surface area (Å²) in [5.41, 5.74) is 0.952. The maximum Gasteiger partial charge on any atom is 0.0703 e. The van der Waals surface area contributed by atoms with Gasteiger partial charge >= 0.3 is 0 Å². The molecule has 53 valence electrons. The molecule has 1 nitrogen and oxygen atoms in total. The molecule has 1 heterocycles. The van der Waals surface area contributed by atoms with Gasteiger partial charge < -0.3 is 0 Å². The zero-order valence-electron chi connectivity index (χ0n) is 5.71. The predicted octanol–water partition coefficient (Wildman–Crippen LogP) is 2.69. The second kappa shape index (κ2) is 2.51. The average molecular weight is 163 g/mol. The Morgan fingerprint density at radius 1 is 1.36 bits per heavy atom. The summed E-state index contributed by atoms with van der Waals surface area (Å²) in [5.74, 6) is 0. The molecule has 0 saturated carbocycles. The standard InChI is InChI=1S/C9H5ClN/c10-8-3-4-9-7(6-8)2-1-5-11-9/h2-6H. The lowest BCUT2D eigenvalue weighted by molar-refractivity contribution is 1.41.